The van der Waals surface area contributed by atoms with E-state index < -0.39 is 11.7 Å². The van der Waals surface area contributed by atoms with Gasteiger partial charge in [-0.2, -0.15) is 13.2 Å². The Balaban J connectivity index is 1.26. The molecule has 0 bridgehead atoms. The van der Waals surface area contributed by atoms with E-state index in [0.717, 1.165) is 37.5 Å². The van der Waals surface area contributed by atoms with Gasteiger partial charge in [-0.3, -0.25) is 4.79 Å². The van der Waals surface area contributed by atoms with Crippen LogP contribution in [0.1, 0.15) is 31.2 Å². The van der Waals surface area contributed by atoms with Gasteiger partial charge in [-0.05, 0) is 56.0 Å². The number of ether oxygens (including phenoxy) is 2. The fraction of sp³-hybridized carbons (Fsp3) is 0.478. The van der Waals surface area contributed by atoms with E-state index >= 15 is 0 Å². The van der Waals surface area contributed by atoms with E-state index in [1.807, 2.05) is 17.0 Å². The predicted octanol–water partition coefficient (Wildman–Crippen LogP) is 5.17. The predicted molar refractivity (Wildman–Crippen MR) is 119 cm³/mol. The van der Waals surface area contributed by atoms with Crippen molar-refractivity contribution in [2.24, 2.45) is 5.92 Å². The van der Waals surface area contributed by atoms with Crippen molar-refractivity contribution < 1.29 is 27.4 Å². The van der Waals surface area contributed by atoms with E-state index in [9.17, 15) is 18.0 Å². The summed E-state index contributed by atoms with van der Waals surface area (Å²) in [5.41, 5.74) is -0.201. The molecule has 0 saturated carbocycles. The van der Waals surface area contributed by atoms with Gasteiger partial charge in [0.2, 0.25) is 5.91 Å². The lowest BCUT2D eigenvalue weighted by molar-refractivity contribution is -0.137. The number of aromatic nitrogens is 1. The van der Waals surface area contributed by atoms with E-state index in [1.165, 1.54) is 0 Å². The maximum absolute atomic E-state index is 12.8. The monoisotopic (exact) mass is 483 g/mol. The maximum Gasteiger partial charge on any atom is 0.417 e. The molecule has 3 heterocycles. The lowest BCUT2D eigenvalue weighted by Gasteiger charge is -2.32. The van der Waals surface area contributed by atoms with Crippen LogP contribution in [0.3, 0.4) is 0 Å². The van der Waals surface area contributed by atoms with Crippen LogP contribution < -0.4 is 15.0 Å². The Morgan fingerprint density at radius 2 is 1.94 bits per heavy atom. The molecular formula is C23H25ClF3N3O3. The number of rotatable bonds is 6. The molecule has 2 saturated heterocycles. The molecule has 1 N–H and O–H groups in total. The summed E-state index contributed by atoms with van der Waals surface area (Å²) in [6, 6.07) is 8.10. The number of alkyl halides is 3. The molecule has 178 valence electrons. The van der Waals surface area contributed by atoms with Gasteiger partial charge in [-0.25, -0.2) is 4.98 Å². The van der Waals surface area contributed by atoms with Gasteiger partial charge in [0.15, 0.2) is 0 Å². The normalized spacial score (nSPS) is 19.5. The Kier molecular flexibility index (Phi) is 7.29. The highest BCUT2D eigenvalue weighted by atomic mass is 35.5. The molecule has 1 unspecified atom stereocenters. The Morgan fingerprint density at radius 3 is 2.55 bits per heavy atom. The second kappa shape index (κ2) is 10.2. The summed E-state index contributed by atoms with van der Waals surface area (Å²) >= 11 is 6.05. The van der Waals surface area contributed by atoms with E-state index in [1.54, 1.807) is 12.1 Å². The molecule has 0 spiro atoms. The number of nitrogens with zero attached hydrogens (tertiary/aromatic N) is 2. The number of pyridine rings is 1. The smallest absolute Gasteiger partial charge is 0.417 e. The van der Waals surface area contributed by atoms with Gasteiger partial charge in [0, 0.05) is 37.5 Å². The topological polar surface area (TPSA) is 63.7 Å². The second-order valence-electron chi connectivity index (χ2n) is 8.25. The minimum atomic E-state index is -4.49. The minimum absolute atomic E-state index is 0.0467. The van der Waals surface area contributed by atoms with Crippen LogP contribution in [0.2, 0.25) is 5.02 Å². The molecule has 1 atom stereocenters. The molecule has 6 nitrogen and oxygen atoms in total. The van der Waals surface area contributed by atoms with Gasteiger partial charge in [-0.1, -0.05) is 11.6 Å². The summed E-state index contributed by atoms with van der Waals surface area (Å²) in [5, 5.41) is 2.88. The van der Waals surface area contributed by atoms with Crippen LogP contribution in [0, 0.1) is 5.92 Å². The molecule has 1 aromatic carbocycles. The first-order valence-corrected chi connectivity index (χ1v) is 11.3. The van der Waals surface area contributed by atoms with Crippen LogP contribution in [-0.4, -0.2) is 43.3 Å². The number of anilines is 2. The first-order chi connectivity index (χ1) is 15.8. The van der Waals surface area contributed by atoms with Gasteiger partial charge in [0.05, 0.1) is 16.7 Å². The summed E-state index contributed by atoms with van der Waals surface area (Å²) in [6.45, 7) is 2.26. The van der Waals surface area contributed by atoms with Crippen LogP contribution in [-0.2, 0) is 15.7 Å². The van der Waals surface area contributed by atoms with Crippen LogP contribution in [0.15, 0.2) is 36.5 Å². The van der Waals surface area contributed by atoms with Crippen LogP contribution in [0.5, 0.6) is 5.75 Å². The average Bonchev–Trinajstić information content (AvgIpc) is 3.32. The number of amides is 1. The van der Waals surface area contributed by atoms with Gasteiger partial charge in [0.1, 0.15) is 18.2 Å². The van der Waals surface area contributed by atoms with Gasteiger partial charge < -0.3 is 19.7 Å². The van der Waals surface area contributed by atoms with Crippen LogP contribution >= 0.6 is 11.6 Å². The third-order valence-electron chi connectivity index (χ3n) is 5.90. The van der Waals surface area contributed by atoms with Crippen LogP contribution in [0.25, 0.3) is 0 Å². The number of piperidine rings is 1. The fourth-order valence-corrected chi connectivity index (χ4v) is 4.30. The van der Waals surface area contributed by atoms with Crippen molar-refractivity contribution in [3.05, 3.63) is 47.1 Å². The van der Waals surface area contributed by atoms with E-state index in [-0.39, 0.29) is 23.0 Å². The molecule has 0 radical (unpaired) electrons. The van der Waals surface area contributed by atoms with E-state index in [4.69, 9.17) is 21.1 Å². The van der Waals surface area contributed by atoms with Crippen molar-refractivity contribution in [3.8, 4) is 5.75 Å². The lowest BCUT2D eigenvalue weighted by Crippen LogP contribution is -2.38. The molecule has 2 aromatic rings. The molecule has 4 rings (SSSR count). The lowest BCUT2D eigenvalue weighted by atomic mass is 9.95. The molecule has 33 heavy (non-hydrogen) atoms. The van der Waals surface area contributed by atoms with Crippen molar-refractivity contribution in [2.75, 3.05) is 36.5 Å². The first-order valence-electron chi connectivity index (χ1n) is 10.9. The van der Waals surface area contributed by atoms with Crippen LogP contribution in [0.4, 0.5) is 24.7 Å². The second-order valence-corrected chi connectivity index (χ2v) is 8.66. The number of benzene rings is 1. The summed E-state index contributed by atoms with van der Waals surface area (Å²) in [6.07, 6.45) is -0.396. The third kappa shape index (κ3) is 6.09. The molecule has 1 amide bonds. The number of carbonyl (C=O) groups excluding carboxylic acids is 1. The zero-order valence-electron chi connectivity index (χ0n) is 17.9. The Labute approximate surface area is 195 Å². The zero-order valence-corrected chi connectivity index (χ0v) is 18.7. The van der Waals surface area contributed by atoms with E-state index in [2.05, 4.69) is 10.3 Å². The van der Waals surface area contributed by atoms with Crippen molar-refractivity contribution in [1.29, 1.82) is 0 Å². The SMILES string of the molecule is O=C(Nc1ccc(OCC2CCCO2)cc1)C1CCN(c2ncc(C(F)(F)F)cc2Cl)CC1. The number of hydrogen-bond acceptors (Lipinski definition) is 5. The largest absolute Gasteiger partial charge is 0.491 e. The fourth-order valence-electron chi connectivity index (χ4n) is 4.02. The molecule has 2 aliphatic rings. The third-order valence-corrected chi connectivity index (χ3v) is 6.17. The number of nitrogens with one attached hydrogen (secondary N) is 1. The Bertz CT molecular complexity index is 958. The number of carbonyl (C=O) groups is 1. The number of hydrogen-bond donors (Lipinski definition) is 1. The highest BCUT2D eigenvalue weighted by molar-refractivity contribution is 6.33. The summed E-state index contributed by atoms with van der Waals surface area (Å²) in [4.78, 5) is 18.4. The van der Waals surface area contributed by atoms with Crippen molar-refractivity contribution >= 4 is 29.0 Å². The summed E-state index contributed by atoms with van der Waals surface area (Å²) in [5.74, 6) is 0.735. The molecular weight excluding hydrogens is 459 g/mol. The highest BCUT2D eigenvalue weighted by Crippen LogP contribution is 2.34. The van der Waals surface area contributed by atoms with Gasteiger partial charge in [-0.15, -0.1) is 0 Å². The summed E-state index contributed by atoms with van der Waals surface area (Å²) < 4.78 is 49.7. The maximum atomic E-state index is 12.8. The van der Waals surface area contributed by atoms with E-state index in [0.29, 0.717) is 44.0 Å². The average molecular weight is 484 g/mol. The highest BCUT2D eigenvalue weighted by Gasteiger charge is 2.33. The Morgan fingerprint density at radius 1 is 1.21 bits per heavy atom. The quantitative estimate of drug-likeness (QED) is 0.614. The zero-order chi connectivity index (χ0) is 23.4. The van der Waals surface area contributed by atoms with Crippen molar-refractivity contribution in [3.63, 3.8) is 0 Å². The molecule has 1 aromatic heterocycles. The minimum Gasteiger partial charge on any atom is -0.491 e. The molecule has 2 aliphatic heterocycles. The molecule has 10 heteroatoms. The van der Waals surface area contributed by atoms with Crippen molar-refractivity contribution in [2.45, 2.75) is 38.0 Å². The molecule has 0 aliphatic carbocycles. The van der Waals surface area contributed by atoms with Crippen molar-refractivity contribution in [1.82, 2.24) is 4.98 Å². The molecule has 2 fully saturated rings. The Hall–Kier alpha value is -2.52. The first kappa shape index (κ1) is 23.6. The van der Waals surface area contributed by atoms with Gasteiger partial charge >= 0.3 is 6.18 Å². The summed E-state index contributed by atoms with van der Waals surface area (Å²) in [7, 11) is 0. The number of halogens is 4. The van der Waals surface area contributed by atoms with Gasteiger partial charge in [0.25, 0.3) is 0 Å². The standard InChI is InChI=1S/C23H25ClF3N3O3/c24-20-12-16(23(25,26)27)13-28-21(20)30-9-7-15(8-10-30)22(31)29-17-3-5-18(6-4-17)33-14-19-2-1-11-32-19/h3-6,12-13,15,19H,1-2,7-11,14H2,(H,29,31).